The molecule has 0 bridgehead atoms. The maximum absolute atomic E-state index is 12.1. The lowest BCUT2D eigenvalue weighted by molar-refractivity contribution is 0.584. The van der Waals surface area contributed by atoms with Gasteiger partial charge in [-0.25, -0.2) is 4.83 Å². The first-order valence-corrected chi connectivity index (χ1v) is 8.43. The molecule has 23 heavy (non-hydrogen) atoms. The van der Waals surface area contributed by atoms with Crippen LogP contribution in [0, 0.1) is 0 Å². The molecule has 0 aromatic heterocycles. The van der Waals surface area contributed by atoms with E-state index in [1.807, 2.05) is 42.5 Å². The van der Waals surface area contributed by atoms with Crippen LogP contribution in [0.1, 0.15) is 5.56 Å². The Balaban J connectivity index is 1.84. The van der Waals surface area contributed by atoms with Crippen molar-refractivity contribution in [2.24, 2.45) is 5.10 Å². The zero-order chi connectivity index (χ0) is 16.3. The number of nitrogen functional groups attached to an aromatic ring is 1. The maximum atomic E-state index is 12.1. The second-order valence-corrected chi connectivity index (χ2v) is 6.65. The Bertz CT molecular complexity index is 959. The van der Waals surface area contributed by atoms with Gasteiger partial charge in [0.15, 0.2) is 0 Å². The van der Waals surface area contributed by atoms with Crippen LogP contribution in [0.5, 0.6) is 0 Å². The van der Waals surface area contributed by atoms with Crippen LogP contribution < -0.4 is 10.6 Å². The van der Waals surface area contributed by atoms with Crippen LogP contribution in [0.4, 0.5) is 5.69 Å². The van der Waals surface area contributed by atoms with Crippen molar-refractivity contribution in [3.8, 4) is 0 Å². The van der Waals surface area contributed by atoms with E-state index in [-0.39, 0.29) is 4.90 Å². The highest BCUT2D eigenvalue weighted by molar-refractivity contribution is 7.89. The van der Waals surface area contributed by atoms with Gasteiger partial charge in [-0.2, -0.15) is 13.5 Å². The van der Waals surface area contributed by atoms with Crippen LogP contribution in [0.15, 0.2) is 76.7 Å². The fourth-order valence-corrected chi connectivity index (χ4v) is 3.02. The number of sulfonamides is 1. The second kappa shape index (κ2) is 6.10. The number of rotatable bonds is 4. The average molecular weight is 325 g/mol. The number of hydrazone groups is 1. The van der Waals surface area contributed by atoms with E-state index in [1.54, 1.807) is 0 Å². The van der Waals surface area contributed by atoms with Gasteiger partial charge in [-0.05, 0) is 35.0 Å². The molecule has 3 aromatic carbocycles. The summed E-state index contributed by atoms with van der Waals surface area (Å²) < 4.78 is 24.3. The largest absolute Gasteiger partial charge is 0.399 e. The van der Waals surface area contributed by atoms with Gasteiger partial charge in [-0.15, -0.1) is 0 Å². The number of hydrogen-bond donors (Lipinski definition) is 2. The van der Waals surface area contributed by atoms with Crippen molar-refractivity contribution < 1.29 is 8.42 Å². The van der Waals surface area contributed by atoms with E-state index in [0.717, 1.165) is 16.3 Å². The molecule has 116 valence electrons. The number of nitrogens with zero attached hydrogens (tertiary/aromatic N) is 1. The predicted octanol–water partition coefficient (Wildman–Crippen LogP) is 2.73. The van der Waals surface area contributed by atoms with Crippen molar-refractivity contribution in [3.63, 3.8) is 0 Å². The lowest BCUT2D eigenvalue weighted by Gasteiger charge is -2.04. The van der Waals surface area contributed by atoms with Crippen molar-refractivity contribution >= 4 is 32.7 Å². The third kappa shape index (κ3) is 3.32. The molecule has 6 heteroatoms. The SMILES string of the molecule is Nc1ccc(S(=O)(=O)N/N=C/c2cccc3ccccc23)cc1. The molecule has 0 unspecified atom stereocenters. The number of nitrogens with one attached hydrogen (secondary N) is 1. The maximum Gasteiger partial charge on any atom is 0.276 e. The number of benzene rings is 3. The number of nitrogens with two attached hydrogens (primary N) is 1. The number of fused-ring (bicyclic) bond motifs is 1. The molecule has 3 N–H and O–H groups in total. The first kappa shape index (κ1) is 15.1. The van der Waals surface area contributed by atoms with Crippen LogP contribution in [-0.2, 0) is 10.0 Å². The molecule has 0 amide bonds. The number of hydrogen-bond acceptors (Lipinski definition) is 4. The van der Waals surface area contributed by atoms with Gasteiger partial charge in [0, 0.05) is 11.3 Å². The Labute approximate surface area is 134 Å². The topological polar surface area (TPSA) is 84.5 Å². The summed E-state index contributed by atoms with van der Waals surface area (Å²) in [6.45, 7) is 0. The van der Waals surface area contributed by atoms with Crippen molar-refractivity contribution in [1.29, 1.82) is 0 Å². The Hall–Kier alpha value is -2.86. The molecular formula is C17H15N3O2S. The molecule has 0 saturated heterocycles. The van der Waals surface area contributed by atoms with E-state index < -0.39 is 10.0 Å². The van der Waals surface area contributed by atoms with E-state index in [9.17, 15) is 8.42 Å². The first-order chi connectivity index (χ1) is 11.1. The van der Waals surface area contributed by atoms with Crippen molar-refractivity contribution in [3.05, 3.63) is 72.3 Å². The minimum Gasteiger partial charge on any atom is -0.399 e. The van der Waals surface area contributed by atoms with Gasteiger partial charge in [-0.1, -0.05) is 42.5 Å². The molecule has 3 rings (SSSR count). The van der Waals surface area contributed by atoms with Crippen LogP contribution in [0.25, 0.3) is 10.8 Å². The van der Waals surface area contributed by atoms with E-state index >= 15 is 0 Å². The van der Waals surface area contributed by atoms with Crippen molar-refractivity contribution in [2.45, 2.75) is 4.90 Å². The van der Waals surface area contributed by atoms with Gasteiger partial charge >= 0.3 is 0 Å². The lowest BCUT2D eigenvalue weighted by atomic mass is 10.1. The van der Waals surface area contributed by atoms with Gasteiger partial charge in [0.1, 0.15) is 0 Å². The molecular weight excluding hydrogens is 310 g/mol. The fourth-order valence-electron chi connectivity index (χ4n) is 2.23. The lowest BCUT2D eigenvalue weighted by Crippen LogP contribution is -2.18. The molecule has 0 saturated carbocycles. The molecule has 5 nitrogen and oxygen atoms in total. The summed E-state index contributed by atoms with van der Waals surface area (Å²) in [5.74, 6) is 0. The average Bonchev–Trinajstić information content (AvgIpc) is 2.55. The minimum absolute atomic E-state index is 0.113. The summed E-state index contributed by atoms with van der Waals surface area (Å²) in [5, 5.41) is 5.94. The van der Waals surface area contributed by atoms with Gasteiger partial charge < -0.3 is 5.73 Å². The summed E-state index contributed by atoms with van der Waals surface area (Å²) in [4.78, 5) is 2.32. The van der Waals surface area contributed by atoms with Crippen molar-refractivity contribution in [2.75, 3.05) is 5.73 Å². The van der Waals surface area contributed by atoms with Gasteiger partial charge in [0.2, 0.25) is 0 Å². The normalized spacial score (nSPS) is 11.8. The van der Waals surface area contributed by atoms with E-state index in [4.69, 9.17) is 5.73 Å². The van der Waals surface area contributed by atoms with E-state index in [0.29, 0.717) is 5.69 Å². The summed E-state index contributed by atoms with van der Waals surface area (Å²) in [7, 11) is -3.70. The van der Waals surface area contributed by atoms with Gasteiger partial charge in [-0.3, -0.25) is 0 Å². The van der Waals surface area contributed by atoms with E-state index in [1.165, 1.54) is 30.5 Å². The highest BCUT2D eigenvalue weighted by Gasteiger charge is 2.11. The highest BCUT2D eigenvalue weighted by atomic mass is 32.2. The minimum atomic E-state index is -3.70. The van der Waals surface area contributed by atoms with Crippen LogP contribution in [0.3, 0.4) is 0 Å². The zero-order valence-corrected chi connectivity index (χ0v) is 13.0. The molecule has 0 aliphatic rings. The van der Waals surface area contributed by atoms with Crippen LogP contribution in [-0.4, -0.2) is 14.6 Å². The smallest absolute Gasteiger partial charge is 0.276 e. The van der Waals surface area contributed by atoms with Crippen molar-refractivity contribution in [1.82, 2.24) is 4.83 Å². The number of anilines is 1. The Morgan fingerprint density at radius 1 is 0.913 bits per heavy atom. The van der Waals surface area contributed by atoms with Gasteiger partial charge in [0.05, 0.1) is 11.1 Å². The quantitative estimate of drug-likeness (QED) is 0.439. The molecule has 0 radical (unpaired) electrons. The second-order valence-electron chi connectivity index (χ2n) is 4.99. The highest BCUT2D eigenvalue weighted by Crippen LogP contribution is 2.17. The van der Waals surface area contributed by atoms with Crippen LogP contribution >= 0.6 is 0 Å². The molecule has 0 spiro atoms. The summed E-state index contributed by atoms with van der Waals surface area (Å²) in [5.41, 5.74) is 6.89. The molecule has 0 aliphatic carbocycles. The first-order valence-electron chi connectivity index (χ1n) is 6.94. The predicted molar refractivity (Wildman–Crippen MR) is 92.7 cm³/mol. The van der Waals surface area contributed by atoms with Gasteiger partial charge in [0.25, 0.3) is 10.0 Å². The molecule has 0 fully saturated rings. The summed E-state index contributed by atoms with van der Waals surface area (Å²) >= 11 is 0. The standard InChI is InChI=1S/C17H15N3O2S/c18-15-8-10-16(11-9-15)23(21,22)20-19-12-14-6-3-5-13-4-1-2-7-17(13)14/h1-12,20H,18H2/b19-12+. The molecule has 0 atom stereocenters. The molecule has 0 aliphatic heterocycles. The van der Waals surface area contributed by atoms with E-state index in [2.05, 4.69) is 9.93 Å². The molecule has 3 aromatic rings. The monoisotopic (exact) mass is 325 g/mol. The molecule has 0 heterocycles. The summed E-state index contributed by atoms with van der Waals surface area (Å²) in [6, 6.07) is 19.5. The third-order valence-electron chi connectivity index (χ3n) is 3.39. The Kier molecular flexibility index (Phi) is 3.99. The Morgan fingerprint density at radius 3 is 2.39 bits per heavy atom. The fraction of sp³-hybridized carbons (Fsp3) is 0. The van der Waals surface area contributed by atoms with Crippen LogP contribution in [0.2, 0.25) is 0 Å². The zero-order valence-electron chi connectivity index (χ0n) is 12.2. The summed E-state index contributed by atoms with van der Waals surface area (Å²) in [6.07, 6.45) is 1.50. The third-order valence-corrected chi connectivity index (χ3v) is 4.63. The Morgan fingerprint density at radius 2 is 1.61 bits per heavy atom.